The molecular formula is C25H20ClN3O3. The summed E-state index contributed by atoms with van der Waals surface area (Å²) in [6.45, 7) is 0.193. The minimum atomic E-state index is -0.499. The predicted octanol–water partition coefficient (Wildman–Crippen LogP) is 4.75. The molecule has 3 aromatic carbocycles. The van der Waals surface area contributed by atoms with Crippen LogP contribution in [0.25, 0.3) is 0 Å². The number of carbonyl (C=O) groups is 2. The number of carbonyl (C=O) groups excluding carboxylic acids is 2. The second kappa shape index (κ2) is 9.54. The number of benzene rings is 3. The van der Waals surface area contributed by atoms with Crippen LogP contribution in [-0.4, -0.2) is 25.0 Å². The van der Waals surface area contributed by atoms with Gasteiger partial charge in [-0.15, -0.1) is 0 Å². The lowest BCUT2D eigenvalue weighted by Gasteiger charge is -2.29. The number of nitriles is 1. The smallest absolute Gasteiger partial charge is 0.265 e. The van der Waals surface area contributed by atoms with Crippen LogP contribution in [0, 0.1) is 11.3 Å². The van der Waals surface area contributed by atoms with Crippen molar-refractivity contribution in [3.05, 3.63) is 88.9 Å². The summed E-state index contributed by atoms with van der Waals surface area (Å²) in [6.07, 6.45) is 0.115. The standard InChI is InChI=1S/C25H20ClN3O3/c26-21-14-18(10-11-19(21)20(15-27)17-6-2-1-3-7-17)28-24(30)12-13-29-22-8-4-5-9-23(22)32-16-25(29)31/h1-11,14,20H,12-13,16H2,(H,28,30). The van der Waals surface area contributed by atoms with Crippen LogP contribution in [0.2, 0.25) is 5.02 Å². The van der Waals surface area contributed by atoms with Crippen molar-refractivity contribution in [2.45, 2.75) is 12.3 Å². The third kappa shape index (κ3) is 4.58. The van der Waals surface area contributed by atoms with Crippen molar-refractivity contribution in [3.63, 3.8) is 0 Å². The van der Waals surface area contributed by atoms with Crippen molar-refractivity contribution in [2.24, 2.45) is 0 Å². The summed E-state index contributed by atoms with van der Waals surface area (Å²) in [6, 6.07) is 24.0. The molecule has 0 fully saturated rings. The molecule has 0 radical (unpaired) electrons. The highest BCUT2D eigenvalue weighted by atomic mass is 35.5. The summed E-state index contributed by atoms with van der Waals surface area (Å²) in [5, 5.41) is 12.8. The van der Waals surface area contributed by atoms with Crippen molar-refractivity contribution in [1.82, 2.24) is 0 Å². The summed E-state index contributed by atoms with van der Waals surface area (Å²) in [5.74, 6) is -0.306. The van der Waals surface area contributed by atoms with Crippen LogP contribution < -0.4 is 15.0 Å². The first-order valence-corrected chi connectivity index (χ1v) is 10.5. The van der Waals surface area contributed by atoms with Gasteiger partial charge in [0.15, 0.2) is 6.61 Å². The minimum absolute atomic E-state index is 0.0445. The Morgan fingerprint density at radius 1 is 1.12 bits per heavy atom. The largest absolute Gasteiger partial charge is 0.482 e. The molecule has 1 atom stereocenters. The molecule has 1 unspecified atom stereocenters. The zero-order valence-corrected chi connectivity index (χ0v) is 17.9. The maximum Gasteiger partial charge on any atom is 0.265 e. The van der Waals surface area contributed by atoms with E-state index >= 15 is 0 Å². The molecule has 0 bridgehead atoms. The minimum Gasteiger partial charge on any atom is -0.482 e. The van der Waals surface area contributed by atoms with Crippen molar-refractivity contribution in [1.29, 1.82) is 5.26 Å². The lowest BCUT2D eigenvalue weighted by atomic mass is 9.92. The quantitative estimate of drug-likeness (QED) is 0.593. The van der Waals surface area contributed by atoms with Crippen LogP contribution in [0.5, 0.6) is 5.75 Å². The Morgan fingerprint density at radius 2 is 1.88 bits per heavy atom. The Labute approximate surface area is 191 Å². The monoisotopic (exact) mass is 445 g/mol. The van der Waals surface area contributed by atoms with Crippen molar-refractivity contribution < 1.29 is 14.3 Å². The Bertz CT molecular complexity index is 1190. The molecule has 6 nitrogen and oxygen atoms in total. The number of hydrogen-bond donors (Lipinski definition) is 1. The third-order valence-electron chi connectivity index (χ3n) is 5.23. The van der Waals surface area contributed by atoms with Gasteiger partial charge in [-0.3, -0.25) is 9.59 Å². The van der Waals surface area contributed by atoms with Crippen LogP contribution in [0.15, 0.2) is 72.8 Å². The van der Waals surface area contributed by atoms with Crippen LogP contribution in [0.4, 0.5) is 11.4 Å². The van der Waals surface area contributed by atoms with E-state index in [4.69, 9.17) is 16.3 Å². The molecule has 0 spiro atoms. The number of ether oxygens (including phenoxy) is 1. The van der Waals surface area contributed by atoms with Gasteiger partial charge in [-0.1, -0.05) is 60.1 Å². The van der Waals surface area contributed by atoms with Crippen molar-refractivity contribution >= 4 is 34.8 Å². The highest BCUT2D eigenvalue weighted by molar-refractivity contribution is 6.31. The molecule has 2 amide bonds. The Hall–Kier alpha value is -3.82. The van der Waals surface area contributed by atoms with Gasteiger partial charge < -0.3 is 15.0 Å². The second-order valence-corrected chi connectivity index (χ2v) is 7.72. The van der Waals surface area contributed by atoms with Crippen LogP contribution in [-0.2, 0) is 9.59 Å². The molecule has 0 aliphatic carbocycles. The average Bonchev–Trinajstić information content (AvgIpc) is 2.81. The normalized spacial score (nSPS) is 13.5. The first-order chi connectivity index (χ1) is 15.6. The SMILES string of the molecule is N#CC(c1ccccc1)c1ccc(NC(=O)CCN2C(=O)COc3ccccc32)cc1Cl. The first kappa shape index (κ1) is 21.4. The van der Waals surface area contributed by atoms with Gasteiger partial charge in [0.1, 0.15) is 5.75 Å². The van der Waals surface area contributed by atoms with Crippen LogP contribution in [0.3, 0.4) is 0 Å². The second-order valence-electron chi connectivity index (χ2n) is 7.31. The van der Waals surface area contributed by atoms with E-state index in [1.807, 2.05) is 42.5 Å². The van der Waals surface area contributed by atoms with E-state index in [2.05, 4.69) is 11.4 Å². The fourth-order valence-corrected chi connectivity index (χ4v) is 3.93. The molecular weight excluding hydrogens is 426 g/mol. The lowest BCUT2D eigenvalue weighted by molar-refractivity contribution is -0.121. The van der Waals surface area contributed by atoms with E-state index in [0.29, 0.717) is 27.7 Å². The zero-order valence-electron chi connectivity index (χ0n) is 17.1. The molecule has 4 rings (SSSR count). The average molecular weight is 446 g/mol. The number of halogens is 1. The number of rotatable bonds is 6. The molecule has 1 heterocycles. The first-order valence-electron chi connectivity index (χ1n) is 10.1. The van der Waals surface area contributed by atoms with Crippen molar-refractivity contribution in [2.75, 3.05) is 23.4 Å². The van der Waals surface area contributed by atoms with E-state index in [-0.39, 0.29) is 31.4 Å². The number of hydrogen-bond acceptors (Lipinski definition) is 4. The van der Waals surface area contributed by atoms with Gasteiger partial charge in [0.05, 0.1) is 17.7 Å². The van der Waals surface area contributed by atoms with E-state index in [1.54, 1.807) is 35.2 Å². The Kier molecular flexibility index (Phi) is 6.39. The van der Waals surface area contributed by atoms with Gasteiger partial charge in [-0.05, 0) is 35.4 Å². The molecule has 0 aromatic heterocycles. The highest BCUT2D eigenvalue weighted by Crippen LogP contribution is 2.33. The topological polar surface area (TPSA) is 82.4 Å². The molecule has 1 aliphatic rings. The molecule has 32 heavy (non-hydrogen) atoms. The molecule has 3 aromatic rings. The van der Waals surface area contributed by atoms with Gasteiger partial charge >= 0.3 is 0 Å². The number of para-hydroxylation sites is 2. The fraction of sp³-hybridized carbons (Fsp3) is 0.160. The van der Waals surface area contributed by atoms with Gasteiger partial charge in [0, 0.05) is 23.7 Å². The summed E-state index contributed by atoms with van der Waals surface area (Å²) in [4.78, 5) is 26.3. The molecule has 0 saturated heterocycles. The van der Waals surface area contributed by atoms with E-state index in [1.165, 1.54) is 0 Å². The molecule has 1 aliphatic heterocycles. The molecule has 7 heteroatoms. The fourth-order valence-electron chi connectivity index (χ4n) is 3.64. The van der Waals surface area contributed by atoms with E-state index in [9.17, 15) is 14.9 Å². The Balaban J connectivity index is 1.42. The van der Waals surface area contributed by atoms with Crippen LogP contribution in [0.1, 0.15) is 23.5 Å². The maximum absolute atomic E-state index is 12.5. The summed E-state index contributed by atoms with van der Waals surface area (Å²) < 4.78 is 5.42. The summed E-state index contributed by atoms with van der Waals surface area (Å²) in [5.41, 5.74) is 2.72. The predicted molar refractivity (Wildman–Crippen MR) is 123 cm³/mol. The number of anilines is 2. The highest BCUT2D eigenvalue weighted by Gasteiger charge is 2.25. The Morgan fingerprint density at radius 3 is 2.62 bits per heavy atom. The zero-order chi connectivity index (χ0) is 22.5. The van der Waals surface area contributed by atoms with Crippen molar-refractivity contribution in [3.8, 4) is 11.8 Å². The summed E-state index contributed by atoms with van der Waals surface area (Å²) in [7, 11) is 0. The summed E-state index contributed by atoms with van der Waals surface area (Å²) >= 11 is 6.44. The molecule has 0 saturated carbocycles. The van der Waals surface area contributed by atoms with E-state index in [0.717, 1.165) is 5.56 Å². The maximum atomic E-state index is 12.5. The number of nitrogens with one attached hydrogen (secondary N) is 1. The third-order valence-corrected chi connectivity index (χ3v) is 5.56. The van der Waals surface area contributed by atoms with E-state index < -0.39 is 5.92 Å². The lowest BCUT2D eigenvalue weighted by Crippen LogP contribution is -2.40. The van der Waals surface area contributed by atoms with Crippen LogP contribution >= 0.6 is 11.6 Å². The molecule has 160 valence electrons. The number of nitrogens with zero attached hydrogens (tertiary/aromatic N) is 2. The van der Waals surface area contributed by atoms with Gasteiger partial charge in [-0.25, -0.2) is 0 Å². The van der Waals surface area contributed by atoms with Gasteiger partial charge in [-0.2, -0.15) is 5.26 Å². The van der Waals surface area contributed by atoms with Gasteiger partial charge in [0.2, 0.25) is 5.91 Å². The number of amides is 2. The molecule has 1 N–H and O–H groups in total. The van der Waals surface area contributed by atoms with Gasteiger partial charge in [0.25, 0.3) is 5.91 Å². The number of fused-ring (bicyclic) bond motifs is 1.